The van der Waals surface area contributed by atoms with Crippen molar-refractivity contribution in [2.24, 2.45) is 0 Å². The van der Waals surface area contributed by atoms with Crippen molar-refractivity contribution >= 4 is 18.5 Å². The fourth-order valence-corrected chi connectivity index (χ4v) is 3.14. The number of halogens is 1. The van der Waals surface area contributed by atoms with Crippen molar-refractivity contribution in [3.8, 4) is 0 Å². The lowest BCUT2D eigenvalue weighted by molar-refractivity contribution is -0.0155. The first-order chi connectivity index (χ1) is 10.2. The van der Waals surface area contributed by atoms with E-state index >= 15 is 0 Å². The molecule has 0 bridgehead atoms. The first-order valence-corrected chi connectivity index (χ1v) is 7.48. The van der Waals surface area contributed by atoms with Crippen molar-refractivity contribution in [3.63, 3.8) is 0 Å². The molecule has 1 atom stereocenters. The highest BCUT2D eigenvalue weighted by atomic mass is 35.5. The molecule has 122 valence electrons. The zero-order chi connectivity index (χ0) is 14.7. The fourth-order valence-electron chi connectivity index (χ4n) is 3.14. The summed E-state index contributed by atoms with van der Waals surface area (Å²) in [7, 11) is 1.76. The Balaban J connectivity index is 0.00000176. The van der Waals surface area contributed by atoms with Crippen LogP contribution in [0.3, 0.4) is 0 Å². The van der Waals surface area contributed by atoms with E-state index in [2.05, 4.69) is 22.3 Å². The van der Waals surface area contributed by atoms with Crippen LogP contribution in [-0.4, -0.2) is 49.9 Å². The van der Waals surface area contributed by atoms with Crippen molar-refractivity contribution in [2.75, 3.05) is 33.3 Å². The second-order valence-electron chi connectivity index (χ2n) is 5.86. The Labute approximate surface area is 137 Å². The minimum absolute atomic E-state index is 0. The average Bonchev–Trinajstić information content (AvgIpc) is 2.88. The van der Waals surface area contributed by atoms with Crippen molar-refractivity contribution in [3.05, 3.63) is 35.9 Å². The Bertz CT molecular complexity index is 489. The van der Waals surface area contributed by atoms with E-state index in [0.29, 0.717) is 6.54 Å². The maximum atomic E-state index is 11.2. The smallest absolute Gasteiger partial charge is 0.407 e. The number of hydrogen-bond donors (Lipinski definition) is 1. The lowest BCUT2D eigenvalue weighted by Gasteiger charge is -2.38. The number of amides is 1. The normalized spacial score (nSPS) is 21.8. The quantitative estimate of drug-likeness (QED) is 0.923. The van der Waals surface area contributed by atoms with Crippen LogP contribution in [0.15, 0.2) is 30.3 Å². The molecule has 2 aliphatic heterocycles. The highest BCUT2D eigenvalue weighted by molar-refractivity contribution is 5.85. The fraction of sp³-hybridized carbons (Fsp3) is 0.562. The molecule has 1 amide bonds. The highest BCUT2D eigenvalue weighted by Gasteiger charge is 2.42. The van der Waals surface area contributed by atoms with Crippen molar-refractivity contribution in [2.45, 2.75) is 24.5 Å². The number of methoxy groups -OCH3 is 1. The number of rotatable bonds is 4. The van der Waals surface area contributed by atoms with Gasteiger partial charge in [-0.25, -0.2) is 4.79 Å². The van der Waals surface area contributed by atoms with Crippen LogP contribution >= 0.6 is 12.4 Å². The molecule has 1 N–H and O–H groups in total. The summed E-state index contributed by atoms with van der Waals surface area (Å²) in [5.41, 5.74) is 0.928. The summed E-state index contributed by atoms with van der Waals surface area (Å²) in [6, 6.07) is 10.3. The Kier molecular flexibility index (Phi) is 5.67. The number of carbonyl (C=O) groups is 1. The van der Waals surface area contributed by atoms with Crippen LogP contribution in [0.4, 0.5) is 4.79 Å². The predicted molar refractivity (Wildman–Crippen MR) is 86.3 cm³/mol. The van der Waals surface area contributed by atoms with Crippen LogP contribution in [0.2, 0.25) is 0 Å². The Morgan fingerprint density at radius 2 is 2.00 bits per heavy atom. The van der Waals surface area contributed by atoms with Crippen molar-refractivity contribution in [1.82, 2.24) is 10.2 Å². The summed E-state index contributed by atoms with van der Waals surface area (Å²) in [5, 5.41) is 2.77. The van der Waals surface area contributed by atoms with Crippen LogP contribution in [-0.2, 0) is 9.47 Å². The molecule has 2 fully saturated rings. The summed E-state index contributed by atoms with van der Waals surface area (Å²) in [5.74, 6) is 0. The molecule has 1 spiro atoms. The van der Waals surface area contributed by atoms with Gasteiger partial charge in [0.25, 0.3) is 0 Å². The van der Waals surface area contributed by atoms with E-state index < -0.39 is 0 Å². The lowest BCUT2D eigenvalue weighted by Crippen LogP contribution is -2.47. The van der Waals surface area contributed by atoms with Gasteiger partial charge in [-0.05, 0) is 5.56 Å². The van der Waals surface area contributed by atoms with E-state index in [1.54, 1.807) is 7.11 Å². The molecule has 0 saturated carbocycles. The van der Waals surface area contributed by atoms with Crippen LogP contribution in [0.1, 0.15) is 24.5 Å². The van der Waals surface area contributed by atoms with Gasteiger partial charge in [-0.2, -0.15) is 0 Å². The summed E-state index contributed by atoms with van der Waals surface area (Å²) < 4.78 is 11.1. The molecule has 0 radical (unpaired) electrons. The summed E-state index contributed by atoms with van der Waals surface area (Å²) in [6.45, 7) is 3.38. The van der Waals surface area contributed by atoms with E-state index in [9.17, 15) is 4.79 Å². The zero-order valence-electron chi connectivity index (χ0n) is 12.8. The Hall–Kier alpha value is -1.30. The van der Waals surface area contributed by atoms with Gasteiger partial charge >= 0.3 is 6.09 Å². The molecule has 5 nitrogen and oxygen atoms in total. The molecule has 22 heavy (non-hydrogen) atoms. The van der Waals surface area contributed by atoms with E-state index in [4.69, 9.17) is 9.47 Å². The van der Waals surface area contributed by atoms with Crippen molar-refractivity contribution in [1.29, 1.82) is 0 Å². The topological polar surface area (TPSA) is 50.8 Å². The molecule has 3 rings (SSSR count). The van der Waals surface area contributed by atoms with Gasteiger partial charge in [-0.3, -0.25) is 0 Å². The number of carbonyl (C=O) groups excluding carboxylic acids is 1. The lowest BCUT2D eigenvalue weighted by atomic mass is 9.91. The minimum atomic E-state index is -0.275. The maximum absolute atomic E-state index is 11.2. The van der Waals surface area contributed by atoms with E-state index in [1.807, 2.05) is 18.2 Å². The van der Waals surface area contributed by atoms with E-state index in [1.165, 1.54) is 5.56 Å². The highest BCUT2D eigenvalue weighted by Crippen LogP contribution is 2.30. The monoisotopic (exact) mass is 326 g/mol. The third-order valence-electron chi connectivity index (χ3n) is 4.51. The molecule has 2 aliphatic rings. The predicted octanol–water partition coefficient (Wildman–Crippen LogP) is 2.37. The second kappa shape index (κ2) is 7.31. The largest absolute Gasteiger partial charge is 0.441 e. The average molecular weight is 327 g/mol. The number of piperidine rings is 1. The number of likely N-dealkylation sites (tertiary alicyclic amines) is 1. The molecule has 2 saturated heterocycles. The van der Waals surface area contributed by atoms with E-state index in [-0.39, 0.29) is 30.2 Å². The van der Waals surface area contributed by atoms with Gasteiger partial charge in [0.1, 0.15) is 5.60 Å². The van der Waals surface area contributed by atoms with Gasteiger partial charge in [0.05, 0.1) is 12.6 Å². The van der Waals surface area contributed by atoms with Crippen LogP contribution in [0, 0.1) is 0 Å². The molecule has 0 aliphatic carbocycles. The standard InChI is InChI=1S/C16H22N2O3.ClH/c1-20-14(13-5-3-2-4-6-13)11-18-9-7-16(8-10-18)12-17-15(19)21-16;/h2-6,14H,7-12H2,1H3,(H,17,19);1H. The van der Waals surface area contributed by atoms with Gasteiger partial charge in [-0.1, -0.05) is 30.3 Å². The number of hydrogen-bond acceptors (Lipinski definition) is 4. The van der Waals surface area contributed by atoms with Gasteiger partial charge in [0.15, 0.2) is 0 Å². The summed E-state index contributed by atoms with van der Waals surface area (Å²) >= 11 is 0. The second-order valence-corrected chi connectivity index (χ2v) is 5.86. The van der Waals surface area contributed by atoms with Crippen LogP contribution < -0.4 is 5.32 Å². The first-order valence-electron chi connectivity index (χ1n) is 7.48. The zero-order valence-corrected chi connectivity index (χ0v) is 13.6. The number of benzene rings is 1. The molecular weight excluding hydrogens is 304 g/mol. The summed E-state index contributed by atoms with van der Waals surface area (Å²) in [6.07, 6.45) is 1.58. The van der Waals surface area contributed by atoms with Crippen LogP contribution in [0.5, 0.6) is 0 Å². The van der Waals surface area contributed by atoms with Gasteiger partial charge in [0.2, 0.25) is 0 Å². The number of alkyl carbamates (subject to hydrolysis) is 1. The minimum Gasteiger partial charge on any atom is -0.441 e. The SMILES string of the molecule is COC(CN1CCC2(CC1)CNC(=O)O2)c1ccccc1.Cl. The third kappa shape index (κ3) is 3.72. The first kappa shape index (κ1) is 17.1. The Morgan fingerprint density at radius 1 is 1.32 bits per heavy atom. The van der Waals surface area contributed by atoms with Gasteiger partial charge < -0.3 is 19.7 Å². The molecule has 6 heteroatoms. The molecule has 1 aromatic carbocycles. The van der Waals surface area contributed by atoms with E-state index in [0.717, 1.165) is 32.5 Å². The molecule has 2 heterocycles. The summed E-state index contributed by atoms with van der Waals surface area (Å²) in [4.78, 5) is 13.6. The van der Waals surface area contributed by atoms with Gasteiger partial charge in [0, 0.05) is 39.6 Å². The molecule has 1 aromatic rings. The van der Waals surface area contributed by atoms with Crippen LogP contribution in [0.25, 0.3) is 0 Å². The van der Waals surface area contributed by atoms with Crippen molar-refractivity contribution < 1.29 is 14.3 Å². The number of ether oxygens (including phenoxy) is 2. The molecule has 0 aromatic heterocycles. The van der Waals surface area contributed by atoms with Gasteiger partial charge in [-0.15, -0.1) is 12.4 Å². The Morgan fingerprint density at radius 3 is 2.55 bits per heavy atom. The molecule has 1 unspecified atom stereocenters. The maximum Gasteiger partial charge on any atom is 0.407 e. The number of nitrogens with one attached hydrogen (secondary N) is 1. The third-order valence-corrected chi connectivity index (χ3v) is 4.51. The molecular formula is C16H23ClN2O3. The number of nitrogens with zero attached hydrogens (tertiary/aromatic N) is 1.